The molecule has 0 unspecified atom stereocenters. The van der Waals surface area contributed by atoms with E-state index in [1.807, 2.05) is 42.6 Å². The molecule has 1 saturated carbocycles. The second-order valence-electron chi connectivity index (χ2n) is 8.29. The number of urea groups is 1. The van der Waals surface area contributed by atoms with Crippen LogP contribution in [-0.4, -0.2) is 33.4 Å². The maximum atomic E-state index is 13.2. The summed E-state index contributed by atoms with van der Waals surface area (Å²) in [5, 5.41) is 3.28. The van der Waals surface area contributed by atoms with E-state index in [0.29, 0.717) is 6.54 Å². The molecule has 2 fully saturated rings. The Bertz CT molecular complexity index is 1260. The summed E-state index contributed by atoms with van der Waals surface area (Å²) in [5.41, 5.74) is 2.90. The number of hydrogen-bond donors (Lipinski definition) is 1. The average molecular weight is 492 g/mol. The fourth-order valence-electron chi connectivity index (χ4n) is 4.64. The van der Waals surface area contributed by atoms with Crippen LogP contribution in [0, 0.1) is 0 Å². The minimum absolute atomic E-state index is 0.00441. The molecule has 1 N–H and O–H groups in total. The van der Waals surface area contributed by atoms with Crippen LogP contribution >= 0.6 is 15.9 Å². The first-order valence-corrected chi connectivity index (χ1v) is 11.5. The molecule has 1 aliphatic carbocycles. The van der Waals surface area contributed by atoms with Gasteiger partial charge in [0.15, 0.2) is 0 Å². The lowest BCUT2D eigenvalue weighted by Crippen LogP contribution is -2.57. The molecule has 1 saturated heterocycles. The van der Waals surface area contributed by atoms with E-state index >= 15 is 0 Å². The minimum Gasteiger partial charge on any atom is -0.342 e. The van der Waals surface area contributed by atoms with Gasteiger partial charge in [0.05, 0.1) is 0 Å². The highest BCUT2D eigenvalue weighted by atomic mass is 79.9. The van der Waals surface area contributed by atoms with E-state index in [1.165, 1.54) is 4.90 Å². The third kappa shape index (κ3) is 3.77. The molecule has 2 aromatic carbocycles. The van der Waals surface area contributed by atoms with E-state index in [1.54, 1.807) is 6.08 Å². The Hall–Kier alpha value is -3.19. The Morgan fingerprint density at radius 3 is 2.53 bits per heavy atom. The maximum absolute atomic E-state index is 13.2. The Balaban J connectivity index is 1.57. The standard InChI is InChI=1S/C25H22BrN3O3/c26-18-10-11-22-20(13-18)17(15-28(22)14-16-6-2-1-3-7-16)12-21-23(30)27-25(32)29(24(21)31)19-8-4-5-9-19/h1-3,6-7,10-13,15,19H,4-5,8-9,14H2,(H,27,30,32)/b21-12-. The molecule has 6 nitrogen and oxygen atoms in total. The summed E-state index contributed by atoms with van der Waals surface area (Å²) in [6.07, 6.45) is 7.09. The third-order valence-electron chi connectivity index (χ3n) is 6.19. The molecule has 7 heteroatoms. The number of amides is 4. The van der Waals surface area contributed by atoms with Crippen LogP contribution in [0.15, 0.2) is 64.8 Å². The van der Waals surface area contributed by atoms with Gasteiger partial charge in [-0.2, -0.15) is 0 Å². The predicted molar refractivity (Wildman–Crippen MR) is 126 cm³/mol. The normalized spacial score (nSPS) is 18.7. The zero-order chi connectivity index (χ0) is 22.2. The van der Waals surface area contributed by atoms with Crippen molar-refractivity contribution >= 4 is 50.8 Å². The fraction of sp³-hybridized carbons (Fsp3) is 0.240. The number of aromatic nitrogens is 1. The van der Waals surface area contributed by atoms with Gasteiger partial charge >= 0.3 is 6.03 Å². The highest BCUT2D eigenvalue weighted by Crippen LogP contribution is 2.30. The minimum atomic E-state index is -0.645. The summed E-state index contributed by atoms with van der Waals surface area (Å²) in [4.78, 5) is 39.5. The second kappa shape index (κ2) is 8.39. The van der Waals surface area contributed by atoms with Crippen molar-refractivity contribution < 1.29 is 14.4 Å². The molecule has 0 spiro atoms. The molecule has 2 aliphatic rings. The number of carbonyl (C=O) groups is 3. The molecule has 0 bridgehead atoms. The van der Waals surface area contributed by atoms with E-state index in [2.05, 4.69) is 37.9 Å². The van der Waals surface area contributed by atoms with Crippen molar-refractivity contribution in [2.24, 2.45) is 0 Å². The number of barbiturate groups is 1. The Morgan fingerprint density at radius 1 is 1.03 bits per heavy atom. The molecule has 2 heterocycles. The lowest BCUT2D eigenvalue weighted by molar-refractivity contribution is -0.131. The zero-order valence-corrected chi connectivity index (χ0v) is 19.0. The Morgan fingerprint density at radius 2 is 1.78 bits per heavy atom. The number of nitrogens with one attached hydrogen (secondary N) is 1. The fourth-order valence-corrected chi connectivity index (χ4v) is 5.00. The van der Waals surface area contributed by atoms with Crippen molar-refractivity contribution in [3.05, 3.63) is 75.9 Å². The SMILES string of the molecule is O=C1NC(=O)N(C2CCCC2)C(=O)/C1=C\c1cn(Cc2ccccc2)c2ccc(Br)cc12. The van der Waals surface area contributed by atoms with Gasteiger partial charge in [-0.25, -0.2) is 4.79 Å². The smallest absolute Gasteiger partial charge is 0.331 e. The highest BCUT2D eigenvalue weighted by molar-refractivity contribution is 9.10. The van der Waals surface area contributed by atoms with Crippen molar-refractivity contribution in [2.45, 2.75) is 38.3 Å². The highest BCUT2D eigenvalue weighted by Gasteiger charge is 2.40. The third-order valence-corrected chi connectivity index (χ3v) is 6.69. The number of fused-ring (bicyclic) bond motifs is 1. The zero-order valence-electron chi connectivity index (χ0n) is 17.4. The van der Waals surface area contributed by atoms with Gasteiger partial charge in [0.25, 0.3) is 11.8 Å². The number of imide groups is 2. The van der Waals surface area contributed by atoms with Gasteiger partial charge in [0.2, 0.25) is 0 Å². The summed E-state index contributed by atoms with van der Waals surface area (Å²) >= 11 is 3.52. The summed E-state index contributed by atoms with van der Waals surface area (Å²) in [5.74, 6) is -1.15. The number of rotatable bonds is 4. The monoisotopic (exact) mass is 491 g/mol. The van der Waals surface area contributed by atoms with Crippen LogP contribution < -0.4 is 5.32 Å². The van der Waals surface area contributed by atoms with E-state index in [0.717, 1.165) is 52.2 Å². The molecule has 32 heavy (non-hydrogen) atoms. The molecule has 1 aliphatic heterocycles. The first kappa shape index (κ1) is 20.7. The van der Waals surface area contributed by atoms with Gasteiger partial charge in [0.1, 0.15) is 5.57 Å². The van der Waals surface area contributed by atoms with Gasteiger partial charge in [-0.1, -0.05) is 59.1 Å². The topological polar surface area (TPSA) is 71.4 Å². The first-order chi connectivity index (χ1) is 15.5. The lowest BCUT2D eigenvalue weighted by Gasteiger charge is -2.31. The molecule has 162 valence electrons. The van der Waals surface area contributed by atoms with Crippen LogP contribution in [0.25, 0.3) is 17.0 Å². The van der Waals surface area contributed by atoms with Crippen molar-refractivity contribution in [3.8, 4) is 0 Å². The first-order valence-electron chi connectivity index (χ1n) is 10.7. The number of carbonyl (C=O) groups excluding carboxylic acids is 3. The van der Waals surface area contributed by atoms with E-state index in [4.69, 9.17) is 0 Å². The van der Waals surface area contributed by atoms with Crippen LogP contribution in [0.4, 0.5) is 4.79 Å². The number of halogens is 1. The van der Waals surface area contributed by atoms with E-state index in [-0.39, 0.29) is 11.6 Å². The maximum Gasteiger partial charge on any atom is 0.331 e. The van der Waals surface area contributed by atoms with Crippen molar-refractivity contribution in [1.82, 2.24) is 14.8 Å². The van der Waals surface area contributed by atoms with Crippen molar-refractivity contribution in [2.75, 3.05) is 0 Å². The molecular formula is C25H22BrN3O3. The van der Waals surface area contributed by atoms with E-state index < -0.39 is 17.8 Å². The molecule has 1 aromatic heterocycles. The molecule has 4 amide bonds. The summed E-state index contributed by atoms with van der Waals surface area (Å²) < 4.78 is 3.01. The quantitative estimate of drug-likeness (QED) is 0.418. The van der Waals surface area contributed by atoms with Crippen LogP contribution in [0.1, 0.15) is 36.8 Å². The number of benzene rings is 2. The summed E-state index contributed by atoms with van der Waals surface area (Å²) in [7, 11) is 0. The largest absolute Gasteiger partial charge is 0.342 e. The molecule has 0 atom stereocenters. The van der Waals surface area contributed by atoms with Gasteiger partial charge < -0.3 is 4.57 Å². The van der Waals surface area contributed by atoms with Crippen LogP contribution in [0.5, 0.6) is 0 Å². The average Bonchev–Trinajstić information content (AvgIpc) is 3.40. The van der Waals surface area contributed by atoms with Gasteiger partial charge in [-0.3, -0.25) is 19.8 Å². The van der Waals surface area contributed by atoms with Gasteiger partial charge in [-0.15, -0.1) is 0 Å². The van der Waals surface area contributed by atoms with Gasteiger partial charge in [0, 0.05) is 39.7 Å². The van der Waals surface area contributed by atoms with Gasteiger partial charge in [-0.05, 0) is 42.7 Å². The summed E-state index contributed by atoms with van der Waals surface area (Å²) in [6, 6.07) is 15.3. The van der Waals surface area contributed by atoms with Crippen LogP contribution in [0.3, 0.4) is 0 Å². The molecule has 0 radical (unpaired) electrons. The van der Waals surface area contributed by atoms with Crippen LogP contribution in [-0.2, 0) is 16.1 Å². The Kier molecular flexibility index (Phi) is 5.43. The molecule has 3 aromatic rings. The van der Waals surface area contributed by atoms with E-state index in [9.17, 15) is 14.4 Å². The number of nitrogens with zero attached hydrogens (tertiary/aromatic N) is 2. The molecule has 5 rings (SSSR count). The predicted octanol–water partition coefficient (Wildman–Crippen LogP) is 4.86. The summed E-state index contributed by atoms with van der Waals surface area (Å²) in [6.45, 7) is 0.662. The second-order valence-corrected chi connectivity index (χ2v) is 9.21. The molecular weight excluding hydrogens is 470 g/mol. The Labute approximate surface area is 194 Å². The number of hydrogen-bond acceptors (Lipinski definition) is 3. The van der Waals surface area contributed by atoms with Crippen molar-refractivity contribution in [3.63, 3.8) is 0 Å². The van der Waals surface area contributed by atoms with Crippen molar-refractivity contribution in [1.29, 1.82) is 0 Å². The van der Waals surface area contributed by atoms with Crippen LogP contribution in [0.2, 0.25) is 0 Å². The lowest BCUT2D eigenvalue weighted by atomic mass is 10.0.